The predicted molar refractivity (Wildman–Crippen MR) is 118 cm³/mol. The molecule has 0 saturated carbocycles. The Bertz CT molecular complexity index is 950. The molecule has 2 heterocycles. The molecule has 2 aromatic carbocycles. The van der Waals surface area contributed by atoms with Crippen LogP contribution in [0.5, 0.6) is 11.5 Å². The van der Waals surface area contributed by atoms with Crippen molar-refractivity contribution in [1.29, 1.82) is 0 Å². The van der Waals surface area contributed by atoms with Gasteiger partial charge in [-0.2, -0.15) is 0 Å². The molecule has 4 rings (SSSR count). The Balaban J connectivity index is 1.53. The number of methoxy groups -OCH3 is 1. The van der Waals surface area contributed by atoms with Gasteiger partial charge in [0.2, 0.25) is 11.8 Å². The van der Waals surface area contributed by atoms with Crippen LogP contribution in [-0.4, -0.2) is 54.5 Å². The summed E-state index contributed by atoms with van der Waals surface area (Å²) in [4.78, 5) is 29.1. The highest BCUT2D eigenvalue weighted by molar-refractivity contribution is 5.79. The van der Waals surface area contributed by atoms with E-state index in [1.165, 1.54) is 5.56 Å². The first-order valence-electron chi connectivity index (χ1n) is 11.0. The highest BCUT2D eigenvalue weighted by Gasteiger charge is 2.29. The molecule has 6 nitrogen and oxygen atoms in total. The Morgan fingerprint density at radius 1 is 1.13 bits per heavy atom. The van der Waals surface area contributed by atoms with Crippen LogP contribution in [0.4, 0.5) is 0 Å². The minimum Gasteiger partial charge on any atom is -0.497 e. The molecule has 0 bridgehead atoms. The number of carbonyl (C=O) groups excluding carboxylic acids is 2. The van der Waals surface area contributed by atoms with Gasteiger partial charge < -0.3 is 19.3 Å². The molecule has 31 heavy (non-hydrogen) atoms. The molecule has 2 aromatic rings. The van der Waals surface area contributed by atoms with Crippen LogP contribution in [0.15, 0.2) is 42.5 Å². The van der Waals surface area contributed by atoms with E-state index in [2.05, 4.69) is 12.1 Å². The number of hydrogen-bond acceptors (Lipinski definition) is 4. The molecule has 0 atom stereocenters. The third-order valence-corrected chi connectivity index (χ3v) is 6.27. The number of ether oxygens (including phenoxy) is 2. The fraction of sp³-hybridized carbons (Fsp3) is 0.440. The maximum Gasteiger partial charge on any atom is 0.227 e. The van der Waals surface area contributed by atoms with Crippen molar-refractivity contribution in [2.45, 2.75) is 45.2 Å². The first-order chi connectivity index (χ1) is 15.0. The number of hydrogen-bond donors (Lipinski definition) is 0. The fourth-order valence-corrected chi connectivity index (χ4v) is 4.51. The van der Waals surface area contributed by atoms with Crippen molar-refractivity contribution in [2.24, 2.45) is 0 Å². The maximum atomic E-state index is 13.4. The van der Waals surface area contributed by atoms with Gasteiger partial charge >= 0.3 is 0 Å². The van der Waals surface area contributed by atoms with Gasteiger partial charge in [-0.25, -0.2) is 0 Å². The lowest BCUT2D eigenvalue weighted by atomic mass is 10.00. The second-order valence-electron chi connectivity index (χ2n) is 8.33. The van der Waals surface area contributed by atoms with Crippen LogP contribution in [0.2, 0.25) is 0 Å². The van der Waals surface area contributed by atoms with Gasteiger partial charge in [0, 0.05) is 39.0 Å². The molecule has 1 fully saturated rings. The summed E-state index contributed by atoms with van der Waals surface area (Å²) in [6.07, 6.45) is 2.85. The first kappa shape index (κ1) is 21.2. The van der Waals surface area contributed by atoms with E-state index in [4.69, 9.17) is 9.47 Å². The van der Waals surface area contributed by atoms with E-state index in [1.54, 1.807) is 14.0 Å². The Kier molecular flexibility index (Phi) is 6.44. The first-order valence-corrected chi connectivity index (χ1v) is 11.0. The summed E-state index contributed by atoms with van der Waals surface area (Å²) in [5.41, 5.74) is 3.28. The molecule has 2 aliphatic rings. The second kappa shape index (κ2) is 9.41. The summed E-state index contributed by atoms with van der Waals surface area (Å²) in [5.74, 6) is 1.91. The van der Waals surface area contributed by atoms with Crippen LogP contribution >= 0.6 is 0 Å². The van der Waals surface area contributed by atoms with E-state index in [0.717, 1.165) is 48.5 Å². The molecule has 2 amide bonds. The van der Waals surface area contributed by atoms with Gasteiger partial charge in [-0.15, -0.1) is 0 Å². The minimum absolute atomic E-state index is 0.103. The third kappa shape index (κ3) is 5.01. The number of benzene rings is 2. The van der Waals surface area contributed by atoms with Crippen molar-refractivity contribution in [3.8, 4) is 11.5 Å². The summed E-state index contributed by atoms with van der Waals surface area (Å²) >= 11 is 0. The van der Waals surface area contributed by atoms with Gasteiger partial charge in [0.25, 0.3) is 0 Å². The average Bonchev–Trinajstić information content (AvgIpc) is 3.25. The van der Waals surface area contributed by atoms with Crippen LogP contribution < -0.4 is 9.47 Å². The van der Waals surface area contributed by atoms with E-state index in [0.29, 0.717) is 26.1 Å². The number of piperidine rings is 1. The van der Waals surface area contributed by atoms with Crippen LogP contribution in [0.3, 0.4) is 0 Å². The average molecular weight is 423 g/mol. The quantitative estimate of drug-likeness (QED) is 0.717. The van der Waals surface area contributed by atoms with E-state index in [9.17, 15) is 9.59 Å². The van der Waals surface area contributed by atoms with Crippen molar-refractivity contribution in [3.05, 3.63) is 59.2 Å². The normalized spacial score (nSPS) is 15.9. The summed E-state index contributed by atoms with van der Waals surface area (Å²) < 4.78 is 10.9. The highest BCUT2D eigenvalue weighted by Crippen LogP contribution is 2.28. The van der Waals surface area contributed by atoms with E-state index in [-0.39, 0.29) is 17.9 Å². The zero-order valence-electron chi connectivity index (χ0n) is 18.3. The number of carbonyl (C=O) groups is 2. The van der Waals surface area contributed by atoms with Gasteiger partial charge in [-0.3, -0.25) is 9.59 Å². The monoisotopic (exact) mass is 422 g/mol. The predicted octanol–water partition coefficient (Wildman–Crippen LogP) is 3.21. The molecule has 164 valence electrons. The lowest BCUT2D eigenvalue weighted by molar-refractivity contribution is -0.136. The lowest BCUT2D eigenvalue weighted by Gasteiger charge is -2.38. The Morgan fingerprint density at radius 2 is 1.94 bits per heavy atom. The molecule has 0 unspecified atom stereocenters. The Hall–Kier alpha value is -3.02. The van der Waals surface area contributed by atoms with E-state index >= 15 is 0 Å². The summed E-state index contributed by atoms with van der Waals surface area (Å²) in [7, 11) is 1.63. The van der Waals surface area contributed by atoms with Gasteiger partial charge in [0.15, 0.2) is 0 Å². The van der Waals surface area contributed by atoms with Crippen molar-refractivity contribution >= 4 is 11.8 Å². The Labute approximate surface area is 183 Å². The molecule has 6 heteroatoms. The third-order valence-electron chi connectivity index (χ3n) is 6.27. The van der Waals surface area contributed by atoms with Crippen LogP contribution in [0.25, 0.3) is 0 Å². The number of nitrogens with zero attached hydrogens (tertiary/aromatic N) is 2. The van der Waals surface area contributed by atoms with Gasteiger partial charge in [-0.1, -0.05) is 24.3 Å². The second-order valence-corrected chi connectivity index (χ2v) is 8.33. The zero-order valence-corrected chi connectivity index (χ0v) is 18.3. The van der Waals surface area contributed by atoms with E-state index < -0.39 is 0 Å². The number of fused-ring (bicyclic) bond motifs is 1. The van der Waals surface area contributed by atoms with Gasteiger partial charge in [0.05, 0.1) is 20.1 Å². The molecule has 0 aromatic heterocycles. The highest BCUT2D eigenvalue weighted by atomic mass is 16.5. The Morgan fingerprint density at radius 3 is 2.68 bits per heavy atom. The summed E-state index contributed by atoms with van der Waals surface area (Å²) in [5, 5.41) is 0. The largest absolute Gasteiger partial charge is 0.497 e. The van der Waals surface area contributed by atoms with Gasteiger partial charge in [-0.05, 0) is 47.7 Å². The molecule has 1 saturated heterocycles. The topological polar surface area (TPSA) is 59.1 Å². The smallest absolute Gasteiger partial charge is 0.227 e. The molecule has 0 aliphatic carbocycles. The summed E-state index contributed by atoms with van der Waals surface area (Å²) in [6.45, 7) is 4.29. The molecule has 0 radical (unpaired) electrons. The SMILES string of the molecule is COc1cccc(CC(=O)N(Cc2ccc3c(c2)CCO3)C2CCN(C(C)=O)CC2)c1. The summed E-state index contributed by atoms with van der Waals surface area (Å²) in [6, 6.07) is 14.0. The molecule has 0 spiro atoms. The zero-order chi connectivity index (χ0) is 21.8. The number of rotatable bonds is 6. The van der Waals surface area contributed by atoms with Crippen molar-refractivity contribution in [1.82, 2.24) is 9.80 Å². The molecular weight excluding hydrogens is 392 g/mol. The van der Waals surface area contributed by atoms with Crippen molar-refractivity contribution in [3.63, 3.8) is 0 Å². The molecule has 0 N–H and O–H groups in total. The number of amides is 2. The standard InChI is InChI=1S/C25H30N2O4/c1-18(28)26-11-8-22(9-12-26)27(17-20-6-7-24-21(14-20)10-13-31-24)25(29)16-19-4-3-5-23(15-19)30-2/h3-7,14-15,22H,8-13,16-17H2,1-2H3. The van der Waals surface area contributed by atoms with E-state index in [1.807, 2.05) is 40.1 Å². The van der Waals surface area contributed by atoms with Crippen molar-refractivity contribution in [2.75, 3.05) is 26.8 Å². The van der Waals surface area contributed by atoms with Gasteiger partial charge in [0.1, 0.15) is 11.5 Å². The molecule has 2 aliphatic heterocycles. The van der Waals surface area contributed by atoms with Crippen LogP contribution in [0, 0.1) is 0 Å². The molecular formula is C25H30N2O4. The van der Waals surface area contributed by atoms with Crippen LogP contribution in [-0.2, 0) is 29.0 Å². The lowest BCUT2D eigenvalue weighted by Crippen LogP contribution is -2.48. The number of likely N-dealkylation sites (tertiary alicyclic amines) is 1. The minimum atomic E-state index is 0.103. The maximum absolute atomic E-state index is 13.4. The fourth-order valence-electron chi connectivity index (χ4n) is 4.51. The van der Waals surface area contributed by atoms with Crippen molar-refractivity contribution < 1.29 is 19.1 Å². The van der Waals surface area contributed by atoms with Crippen LogP contribution in [0.1, 0.15) is 36.5 Å².